The highest BCUT2D eigenvalue weighted by atomic mass is 16.2. The molecule has 0 unspecified atom stereocenters. The van der Waals surface area contributed by atoms with Crippen LogP contribution in [-0.2, 0) is 23.2 Å². The molecule has 1 N–H and O–H groups in total. The van der Waals surface area contributed by atoms with Crippen LogP contribution in [0.15, 0.2) is 36.5 Å². The molecule has 6 heteroatoms. The Bertz CT molecular complexity index is 851. The van der Waals surface area contributed by atoms with Crippen LogP contribution in [-0.4, -0.2) is 40.2 Å². The molecule has 25 heavy (non-hydrogen) atoms. The van der Waals surface area contributed by atoms with Gasteiger partial charge in [-0.25, -0.2) is 0 Å². The fourth-order valence-electron chi connectivity index (χ4n) is 4.23. The van der Waals surface area contributed by atoms with Gasteiger partial charge in [0.25, 0.3) is 0 Å². The van der Waals surface area contributed by atoms with Crippen LogP contribution >= 0.6 is 0 Å². The van der Waals surface area contributed by atoms with Crippen LogP contribution in [0.1, 0.15) is 18.2 Å². The number of nitrogens with zero attached hydrogens (tertiary/aromatic N) is 4. The van der Waals surface area contributed by atoms with Crippen LogP contribution in [0.4, 0.5) is 5.69 Å². The van der Waals surface area contributed by atoms with Crippen LogP contribution in [0.3, 0.4) is 0 Å². The minimum Gasteiger partial charge on any atom is -0.325 e. The summed E-state index contributed by atoms with van der Waals surface area (Å²) >= 11 is 0. The van der Waals surface area contributed by atoms with Crippen LogP contribution in [0.25, 0.3) is 0 Å². The predicted octanol–water partition coefficient (Wildman–Crippen LogP) is 1.79. The molecule has 2 aliphatic heterocycles. The number of nitrogens with one attached hydrogen (secondary N) is 1. The van der Waals surface area contributed by atoms with Crippen molar-refractivity contribution in [3.8, 4) is 6.07 Å². The second-order valence-corrected chi connectivity index (χ2v) is 6.78. The molecule has 1 saturated heterocycles. The van der Waals surface area contributed by atoms with E-state index in [1.54, 1.807) is 0 Å². The van der Waals surface area contributed by atoms with Crippen LogP contribution in [0.2, 0.25) is 0 Å². The van der Waals surface area contributed by atoms with Gasteiger partial charge in [0.2, 0.25) is 5.91 Å². The van der Waals surface area contributed by atoms with Gasteiger partial charge in [-0.1, -0.05) is 18.2 Å². The third kappa shape index (κ3) is 2.35. The third-order valence-electron chi connectivity index (χ3n) is 5.51. The number of aromatic nitrogens is 2. The predicted molar refractivity (Wildman–Crippen MR) is 93.9 cm³/mol. The van der Waals surface area contributed by atoms with Crippen molar-refractivity contribution >= 4 is 11.6 Å². The first-order chi connectivity index (χ1) is 12.2. The lowest BCUT2D eigenvalue weighted by Crippen LogP contribution is -2.42. The normalized spacial score (nSPS) is 25.1. The first-order valence-corrected chi connectivity index (χ1v) is 8.72. The van der Waals surface area contributed by atoms with Crippen molar-refractivity contribution in [2.75, 3.05) is 25.0 Å². The number of carbonyl (C=O) groups excluding carboxylic acids is 1. The van der Waals surface area contributed by atoms with E-state index in [4.69, 9.17) is 0 Å². The van der Waals surface area contributed by atoms with E-state index in [0.717, 1.165) is 30.8 Å². The molecule has 4 rings (SSSR count). The van der Waals surface area contributed by atoms with Gasteiger partial charge in [0.05, 0.1) is 12.0 Å². The lowest BCUT2D eigenvalue weighted by molar-refractivity contribution is -0.121. The van der Waals surface area contributed by atoms with E-state index in [9.17, 15) is 10.1 Å². The Hall–Kier alpha value is -2.65. The standard InChI is InChI=1S/C19H21N5O/c1-2-24-15(7-9-21-24)8-10-23-12-14(11-20)19(13-23)16-5-3-4-6-17(16)22-18(19)25/h3-7,9,14H,2,8,10,12-13H2,1H3,(H,22,25)/t14-,19-/m0/s1. The minimum atomic E-state index is -0.740. The topological polar surface area (TPSA) is 74.0 Å². The number of benzene rings is 1. The van der Waals surface area contributed by atoms with Gasteiger partial charge in [0.15, 0.2) is 0 Å². The van der Waals surface area contributed by atoms with Gasteiger partial charge in [-0.3, -0.25) is 9.48 Å². The summed E-state index contributed by atoms with van der Waals surface area (Å²) in [6, 6.07) is 12.2. The Morgan fingerprint density at radius 2 is 2.24 bits per heavy atom. The summed E-state index contributed by atoms with van der Waals surface area (Å²) in [6.45, 7) is 4.96. The molecule has 1 amide bonds. The molecule has 1 fully saturated rings. The second-order valence-electron chi connectivity index (χ2n) is 6.78. The van der Waals surface area contributed by atoms with Gasteiger partial charge < -0.3 is 10.2 Å². The maximum atomic E-state index is 12.8. The molecule has 1 aromatic heterocycles. The summed E-state index contributed by atoms with van der Waals surface area (Å²) in [4.78, 5) is 15.0. The van der Waals surface area contributed by atoms with Gasteiger partial charge in [0.1, 0.15) is 5.41 Å². The number of fused-ring (bicyclic) bond motifs is 2. The number of rotatable bonds is 4. The van der Waals surface area contributed by atoms with E-state index in [1.807, 2.05) is 41.2 Å². The smallest absolute Gasteiger partial charge is 0.237 e. The molecule has 6 nitrogen and oxygen atoms in total. The Morgan fingerprint density at radius 1 is 1.40 bits per heavy atom. The van der Waals surface area contributed by atoms with Crippen molar-refractivity contribution in [3.63, 3.8) is 0 Å². The van der Waals surface area contributed by atoms with E-state index in [-0.39, 0.29) is 11.8 Å². The Balaban J connectivity index is 1.57. The van der Waals surface area contributed by atoms with E-state index >= 15 is 0 Å². The third-order valence-corrected chi connectivity index (χ3v) is 5.51. The molecule has 0 radical (unpaired) electrons. The number of hydrogen-bond acceptors (Lipinski definition) is 4. The lowest BCUT2D eigenvalue weighted by Gasteiger charge is -2.24. The lowest BCUT2D eigenvalue weighted by atomic mass is 9.74. The number of likely N-dealkylation sites (tertiary alicyclic amines) is 1. The van der Waals surface area contributed by atoms with E-state index < -0.39 is 5.41 Å². The molecule has 2 aromatic rings. The fraction of sp³-hybridized carbons (Fsp3) is 0.421. The summed E-state index contributed by atoms with van der Waals surface area (Å²) in [5.74, 6) is -0.367. The molecular weight excluding hydrogens is 314 g/mol. The quantitative estimate of drug-likeness (QED) is 0.924. The maximum Gasteiger partial charge on any atom is 0.237 e. The number of carbonyl (C=O) groups is 1. The highest BCUT2D eigenvalue weighted by Gasteiger charge is 2.57. The van der Waals surface area contributed by atoms with Gasteiger partial charge >= 0.3 is 0 Å². The minimum absolute atomic E-state index is 0.0404. The molecule has 2 aliphatic rings. The molecule has 0 bridgehead atoms. The van der Waals surface area contributed by atoms with Crippen molar-refractivity contribution < 1.29 is 4.79 Å². The number of hydrogen-bond donors (Lipinski definition) is 1. The zero-order chi connectivity index (χ0) is 17.4. The Morgan fingerprint density at radius 3 is 3.04 bits per heavy atom. The zero-order valence-electron chi connectivity index (χ0n) is 14.3. The molecule has 1 spiro atoms. The van der Waals surface area contributed by atoms with Gasteiger partial charge in [0, 0.05) is 50.2 Å². The number of anilines is 1. The maximum absolute atomic E-state index is 12.8. The van der Waals surface area contributed by atoms with Crippen LogP contribution < -0.4 is 5.32 Å². The largest absolute Gasteiger partial charge is 0.325 e. The zero-order valence-corrected chi connectivity index (χ0v) is 14.3. The molecule has 2 atom stereocenters. The molecule has 1 aromatic carbocycles. The van der Waals surface area contributed by atoms with Crippen LogP contribution in [0.5, 0.6) is 0 Å². The highest BCUT2D eigenvalue weighted by Crippen LogP contribution is 2.47. The number of amides is 1. The number of para-hydroxylation sites is 1. The summed E-state index contributed by atoms with van der Waals surface area (Å²) in [5.41, 5.74) is 2.26. The van der Waals surface area contributed by atoms with E-state index in [0.29, 0.717) is 13.1 Å². The van der Waals surface area contributed by atoms with Gasteiger partial charge in [-0.05, 0) is 24.6 Å². The average molecular weight is 335 g/mol. The van der Waals surface area contributed by atoms with Crippen molar-refractivity contribution in [2.24, 2.45) is 5.92 Å². The summed E-state index contributed by atoms with van der Waals surface area (Å²) < 4.78 is 1.99. The van der Waals surface area contributed by atoms with Crippen LogP contribution in [0, 0.1) is 17.2 Å². The van der Waals surface area contributed by atoms with Gasteiger partial charge in [-0.15, -0.1) is 0 Å². The Labute approximate surface area is 147 Å². The monoisotopic (exact) mass is 335 g/mol. The van der Waals surface area contributed by atoms with E-state index in [1.165, 1.54) is 5.69 Å². The first-order valence-electron chi connectivity index (χ1n) is 8.72. The fourth-order valence-corrected chi connectivity index (χ4v) is 4.23. The SMILES string of the molecule is CCn1nccc1CCN1C[C@H](C#N)[C@]2(C1)C(=O)Nc1ccccc12. The summed E-state index contributed by atoms with van der Waals surface area (Å²) in [7, 11) is 0. The van der Waals surface area contributed by atoms with Crippen molar-refractivity contribution in [1.82, 2.24) is 14.7 Å². The van der Waals surface area contributed by atoms with Crippen molar-refractivity contribution in [3.05, 3.63) is 47.8 Å². The summed E-state index contributed by atoms with van der Waals surface area (Å²) in [5, 5.41) is 17.0. The first kappa shape index (κ1) is 15.9. The van der Waals surface area contributed by atoms with Crippen molar-refractivity contribution in [1.29, 1.82) is 5.26 Å². The molecule has 0 aliphatic carbocycles. The average Bonchev–Trinajstić information content (AvgIpc) is 3.31. The Kier molecular flexibility index (Phi) is 3.81. The molecular formula is C19H21N5O. The molecule has 128 valence electrons. The number of aryl methyl sites for hydroxylation is 1. The molecule has 3 heterocycles. The number of nitriles is 1. The summed E-state index contributed by atoms with van der Waals surface area (Å²) in [6.07, 6.45) is 2.69. The highest BCUT2D eigenvalue weighted by molar-refractivity contribution is 6.07. The van der Waals surface area contributed by atoms with Crippen molar-refractivity contribution in [2.45, 2.75) is 25.3 Å². The van der Waals surface area contributed by atoms with Gasteiger partial charge in [-0.2, -0.15) is 10.4 Å². The molecule has 0 saturated carbocycles. The second kappa shape index (κ2) is 6.01. The van der Waals surface area contributed by atoms with E-state index in [2.05, 4.69) is 28.3 Å².